The van der Waals surface area contributed by atoms with Gasteiger partial charge in [0.05, 0.1) is 7.11 Å². The molecule has 1 aromatic carbocycles. The largest absolute Gasteiger partial charge is 0.497 e. The molecule has 0 atom stereocenters. The van der Waals surface area contributed by atoms with Gasteiger partial charge in [0.2, 0.25) is 0 Å². The molecule has 1 aromatic heterocycles. The first-order valence-corrected chi connectivity index (χ1v) is 6.42. The number of hydrogen-bond acceptors (Lipinski definition) is 3. The van der Waals surface area contributed by atoms with Crippen LogP contribution in [0.3, 0.4) is 0 Å². The highest BCUT2D eigenvalue weighted by atomic mass is 16.5. The van der Waals surface area contributed by atoms with Gasteiger partial charge in [0.25, 0.3) is 11.5 Å². The van der Waals surface area contributed by atoms with Crippen molar-refractivity contribution in [1.29, 1.82) is 0 Å². The van der Waals surface area contributed by atoms with Gasteiger partial charge in [-0.15, -0.1) is 0 Å². The van der Waals surface area contributed by atoms with E-state index in [1.807, 2.05) is 13.8 Å². The summed E-state index contributed by atoms with van der Waals surface area (Å²) in [4.78, 5) is 24.4. The Morgan fingerprint density at radius 3 is 2.60 bits per heavy atom. The summed E-state index contributed by atoms with van der Waals surface area (Å²) in [7, 11) is 3.16. The summed E-state index contributed by atoms with van der Waals surface area (Å²) in [6.07, 6.45) is 0. The van der Waals surface area contributed by atoms with Crippen LogP contribution in [0.2, 0.25) is 0 Å². The molecule has 1 amide bonds. The van der Waals surface area contributed by atoms with E-state index in [1.54, 1.807) is 38.4 Å². The summed E-state index contributed by atoms with van der Waals surface area (Å²) in [6, 6.07) is 6.91. The van der Waals surface area contributed by atoms with E-state index >= 15 is 0 Å². The number of ether oxygens (including phenoxy) is 1. The number of amides is 1. The van der Waals surface area contributed by atoms with Crippen molar-refractivity contribution >= 4 is 16.7 Å². The summed E-state index contributed by atoms with van der Waals surface area (Å²) >= 11 is 0. The third-order valence-electron chi connectivity index (χ3n) is 3.10. The summed E-state index contributed by atoms with van der Waals surface area (Å²) < 4.78 is 6.52. The molecule has 0 aliphatic heterocycles. The number of aromatic nitrogens is 1. The molecule has 0 spiro atoms. The Morgan fingerprint density at radius 2 is 2.00 bits per heavy atom. The fourth-order valence-electron chi connectivity index (χ4n) is 2.07. The van der Waals surface area contributed by atoms with Gasteiger partial charge in [0.15, 0.2) is 0 Å². The molecule has 20 heavy (non-hydrogen) atoms. The van der Waals surface area contributed by atoms with Crippen molar-refractivity contribution in [3.05, 3.63) is 40.3 Å². The van der Waals surface area contributed by atoms with Crippen molar-refractivity contribution in [2.75, 3.05) is 7.11 Å². The van der Waals surface area contributed by atoms with Crippen molar-refractivity contribution in [3.8, 4) is 5.75 Å². The van der Waals surface area contributed by atoms with Crippen LogP contribution in [-0.4, -0.2) is 23.6 Å². The standard InChI is InChI=1S/C15H18N2O3/c1-9(2)16-14(18)13-8-10-7-11(20-4)5-6-12(10)15(19)17(13)3/h5-9H,1-4H3,(H,16,18). The summed E-state index contributed by atoms with van der Waals surface area (Å²) in [6.45, 7) is 3.75. The Labute approximate surface area is 117 Å². The first-order chi connectivity index (χ1) is 9.43. The number of carbonyl (C=O) groups excluding carboxylic acids is 1. The molecule has 0 saturated heterocycles. The molecule has 0 aliphatic carbocycles. The maximum absolute atomic E-state index is 12.3. The minimum atomic E-state index is -0.260. The zero-order valence-electron chi connectivity index (χ0n) is 12.1. The van der Waals surface area contributed by atoms with Gasteiger partial charge in [-0.3, -0.25) is 9.59 Å². The van der Waals surface area contributed by atoms with Gasteiger partial charge in [-0.1, -0.05) is 0 Å². The van der Waals surface area contributed by atoms with Crippen molar-refractivity contribution in [1.82, 2.24) is 9.88 Å². The molecule has 0 bridgehead atoms. The Hall–Kier alpha value is -2.30. The van der Waals surface area contributed by atoms with Gasteiger partial charge in [-0.05, 0) is 43.5 Å². The second-order valence-corrected chi connectivity index (χ2v) is 4.98. The van der Waals surface area contributed by atoms with Gasteiger partial charge in [0, 0.05) is 18.5 Å². The van der Waals surface area contributed by atoms with Crippen molar-refractivity contribution in [2.45, 2.75) is 19.9 Å². The molecule has 5 nitrogen and oxygen atoms in total. The third-order valence-corrected chi connectivity index (χ3v) is 3.10. The van der Waals surface area contributed by atoms with Gasteiger partial charge < -0.3 is 14.6 Å². The van der Waals surface area contributed by atoms with Crippen molar-refractivity contribution < 1.29 is 9.53 Å². The van der Waals surface area contributed by atoms with Crippen molar-refractivity contribution in [3.63, 3.8) is 0 Å². The lowest BCUT2D eigenvalue weighted by molar-refractivity contribution is 0.0934. The summed E-state index contributed by atoms with van der Waals surface area (Å²) in [5.41, 5.74) is 0.142. The van der Waals surface area contributed by atoms with E-state index in [-0.39, 0.29) is 17.5 Å². The Balaban J connectivity index is 2.64. The average Bonchev–Trinajstić information content (AvgIpc) is 2.41. The Morgan fingerprint density at radius 1 is 1.30 bits per heavy atom. The lowest BCUT2D eigenvalue weighted by Crippen LogP contribution is -2.34. The maximum atomic E-state index is 12.3. The molecule has 0 unspecified atom stereocenters. The van der Waals surface area contributed by atoms with Crippen molar-refractivity contribution in [2.24, 2.45) is 7.05 Å². The molecule has 2 aromatic rings. The van der Waals surface area contributed by atoms with E-state index < -0.39 is 0 Å². The number of benzene rings is 1. The van der Waals surface area contributed by atoms with Crippen LogP contribution < -0.4 is 15.6 Å². The van der Waals surface area contributed by atoms with Crippen LogP contribution in [0, 0.1) is 0 Å². The SMILES string of the molecule is COc1ccc2c(=O)n(C)c(C(=O)NC(C)C)cc2c1. The van der Waals surface area contributed by atoms with Crippen LogP contribution in [0.1, 0.15) is 24.3 Å². The third kappa shape index (κ3) is 2.52. The van der Waals surface area contributed by atoms with Crippen LogP contribution >= 0.6 is 0 Å². The molecule has 0 radical (unpaired) electrons. The smallest absolute Gasteiger partial charge is 0.268 e. The molecule has 106 valence electrons. The monoisotopic (exact) mass is 274 g/mol. The Kier molecular flexibility index (Phi) is 3.79. The minimum Gasteiger partial charge on any atom is -0.497 e. The van der Waals surface area contributed by atoms with E-state index in [0.29, 0.717) is 22.2 Å². The van der Waals surface area contributed by atoms with Crippen LogP contribution in [-0.2, 0) is 7.05 Å². The minimum absolute atomic E-state index is 0.0126. The Bertz CT molecular complexity index is 717. The predicted molar refractivity (Wildman–Crippen MR) is 78.3 cm³/mol. The average molecular weight is 274 g/mol. The number of nitrogens with one attached hydrogen (secondary N) is 1. The second kappa shape index (κ2) is 5.36. The molecule has 2 rings (SSSR count). The highest BCUT2D eigenvalue weighted by Crippen LogP contribution is 2.19. The number of methoxy groups -OCH3 is 1. The highest BCUT2D eigenvalue weighted by molar-refractivity contribution is 5.97. The first kappa shape index (κ1) is 14.1. The number of pyridine rings is 1. The fraction of sp³-hybridized carbons (Fsp3) is 0.333. The topological polar surface area (TPSA) is 60.3 Å². The molecule has 1 N–H and O–H groups in total. The second-order valence-electron chi connectivity index (χ2n) is 4.98. The van der Waals surface area contributed by atoms with Gasteiger partial charge >= 0.3 is 0 Å². The molecule has 0 fully saturated rings. The number of nitrogens with zero attached hydrogens (tertiary/aromatic N) is 1. The van der Waals surface area contributed by atoms with Crippen LogP contribution in [0.15, 0.2) is 29.1 Å². The lowest BCUT2D eigenvalue weighted by atomic mass is 10.1. The van der Waals surface area contributed by atoms with E-state index in [9.17, 15) is 9.59 Å². The number of carbonyl (C=O) groups is 1. The molecule has 0 saturated carbocycles. The van der Waals surface area contributed by atoms with Crippen LogP contribution in [0.4, 0.5) is 0 Å². The molecule has 1 heterocycles. The number of rotatable bonds is 3. The quantitative estimate of drug-likeness (QED) is 0.926. The lowest BCUT2D eigenvalue weighted by Gasteiger charge is -2.13. The highest BCUT2D eigenvalue weighted by Gasteiger charge is 2.14. The van der Waals surface area contributed by atoms with Crippen LogP contribution in [0.25, 0.3) is 10.8 Å². The van der Waals surface area contributed by atoms with E-state index in [1.165, 1.54) is 4.57 Å². The summed E-state index contributed by atoms with van der Waals surface area (Å²) in [5, 5.41) is 4.05. The number of hydrogen-bond donors (Lipinski definition) is 1. The normalized spacial score (nSPS) is 10.8. The van der Waals surface area contributed by atoms with Crippen LogP contribution in [0.5, 0.6) is 5.75 Å². The zero-order valence-corrected chi connectivity index (χ0v) is 12.1. The number of fused-ring (bicyclic) bond motifs is 1. The van der Waals surface area contributed by atoms with Gasteiger partial charge in [-0.2, -0.15) is 0 Å². The fourth-order valence-corrected chi connectivity index (χ4v) is 2.07. The zero-order chi connectivity index (χ0) is 14.9. The molecule has 0 aliphatic rings. The van der Waals surface area contributed by atoms with E-state index in [2.05, 4.69) is 5.32 Å². The van der Waals surface area contributed by atoms with Gasteiger partial charge in [0.1, 0.15) is 11.4 Å². The van der Waals surface area contributed by atoms with E-state index in [4.69, 9.17) is 4.74 Å². The predicted octanol–water partition coefficient (Wildman–Crippen LogP) is 1.69. The molecular formula is C15H18N2O3. The molecule has 5 heteroatoms. The maximum Gasteiger partial charge on any atom is 0.268 e. The summed E-state index contributed by atoms with van der Waals surface area (Å²) in [5.74, 6) is 0.394. The molecular weight excluding hydrogens is 256 g/mol. The van der Waals surface area contributed by atoms with E-state index in [0.717, 1.165) is 0 Å². The van der Waals surface area contributed by atoms with Gasteiger partial charge in [-0.25, -0.2) is 0 Å². The first-order valence-electron chi connectivity index (χ1n) is 6.42.